The number of ether oxygens (including phenoxy) is 1. The summed E-state index contributed by atoms with van der Waals surface area (Å²) in [6.45, 7) is 0.802. The lowest BCUT2D eigenvalue weighted by molar-refractivity contribution is -0.150. The van der Waals surface area contributed by atoms with Crippen LogP contribution in [0.5, 0.6) is 5.75 Å². The summed E-state index contributed by atoms with van der Waals surface area (Å²) >= 11 is 0. The third-order valence-electron chi connectivity index (χ3n) is 10.5. The van der Waals surface area contributed by atoms with Gasteiger partial charge in [0.15, 0.2) is 5.78 Å². The second-order valence-electron chi connectivity index (χ2n) is 13.6. The molecule has 238 valence electrons. The molecule has 2 aromatic rings. The lowest BCUT2D eigenvalue weighted by Gasteiger charge is -2.58. The number of fused-ring (bicyclic) bond motifs is 1. The second-order valence-corrected chi connectivity index (χ2v) is 13.6. The average molecular weight is 616 g/mol. The Morgan fingerprint density at radius 1 is 0.978 bits per heavy atom. The van der Waals surface area contributed by atoms with E-state index in [-0.39, 0.29) is 23.4 Å². The van der Waals surface area contributed by atoms with Gasteiger partial charge in [-0.05, 0) is 91.9 Å². The number of nitrogens with zero attached hydrogens (tertiary/aromatic N) is 2. The van der Waals surface area contributed by atoms with Gasteiger partial charge in [-0.25, -0.2) is 0 Å². The van der Waals surface area contributed by atoms with Crippen LogP contribution in [0.1, 0.15) is 74.2 Å². The van der Waals surface area contributed by atoms with Gasteiger partial charge in [0, 0.05) is 18.9 Å². The molecule has 2 aromatic carbocycles. The van der Waals surface area contributed by atoms with Crippen molar-refractivity contribution in [2.24, 2.45) is 23.2 Å². The van der Waals surface area contributed by atoms with Crippen LogP contribution in [-0.2, 0) is 25.7 Å². The van der Waals surface area contributed by atoms with E-state index in [9.17, 15) is 24.3 Å². The third kappa shape index (κ3) is 6.19. The fraction of sp³-hybridized carbons (Fsp3) is 0.514. The van der Waals surface area contributed by atoms with E-state index in [1.807, 2.05) is 30.3 Å². The summed E-state index contributed by atoms with van der Waals surface area (Å²) in [4.78, 5) is 70.8. The summed E-state index contributed by atoms with van der Waals surface area (Å²) in [5.41, 5.74) is 1.29. The Balaban J connectivity index is 1.50. The van der Waals surface area contributed by atoms with E-state index in [1.54, 1.807) is 23.1 Å². The van der Waals surface area contributed by atoms with Gasteiger partial charge < -0.3 is 25.0 Å². The van der Waals surface area contributed by atoms with Crippen molar-refractivity contribution in [3.8, 4) is 5.75 Å². The Morgan fingerprint density at radius 2 is 1.62 bits per heavy atom. The molecule has 2 unspecified atom stereocenters. The summed E-state index contributed by atoms with van der Waals surface area (Å²) in [5.74, 6) is -1.15. The van der Waals surface area contributed by atoms with Crippen molar-refractivity contribution in [2.45, 2.75) is 76.9 Å². The number of methoxy groups -OCH3 is 1. The van der Waals surface area contributed by atoms with Crippen molar-refractivity contribution in [1.82, 2.24) is 10.2 Å². The van der Waals surface area contributed by atoms with Crippen LogP contribution >= 0.6 is 0 Å². The maximum atomic E-state index is 15.1. The van der Waals surface area contributed by atoms with Gasteiger partial charge in [-0.1, -0.05) is 30.3 Å². The fourth-order valence-corrected chi connectivity index (χ4v) is 9.12. The zero-order chi connectivity index (χ0) is 31.9. The number of ketones is 1. The molecule has 1 heterocycles. The fourth-order valence-electron chi connectivity index (χ4n) is 9.12. The molecule has 0 radical (unpaired) electrons. The average Bonchev–Trinajstić information content (AvgIpc) is 3.03. The molecule has 0 saturated heterocycles. The number of amides is 3. The van der Waals surface area contributed by atoms with E-state index >= 15 is 4.79 Å². The number of anilines is 1. The van der Waals surface area contributed by atoms with Crippen LogP contribution in [0.25, 0.3) is 0 Å². The minimum absolute atomic E-state index is 0.149. The summed E-state index contributed by atoms with van der Waals surface area (Å²) in [5, 5.41) is 11.7. The summed E-state index contributed by atoms with van der Waals surface area (Å²) in [7, 11) is 1.48. The Labute approximate surface area is 263 Å². The minimum Gasteiger partial charge on any atom is -0.497 e. The van der Waals surface area contributed by atoms with Crippen molar-refractivity contribution >= 4 is 35.2 Å². The summed E-state index contributed by atoms with van der Waals surface area (Å²) in [6.07, 6.45) is 6.55. The molecule has 5 aliphatic rings. The van der Waals surface area contributed by atoms with E-state index in [4.69, 9.17) is 4.74 Å². The van der Waals surface area contributed by atoms with Gasteiger partial charge >= 0.3 is 5.97 Å². The van der Waals surface area contributed by atoms with Crippen LogP contribution in [-0.4, -0.2) is 65.2 Å². The zero-order valence-electron chi connectivity index (χ0n) is 25.9. The Kier molecular flexibility index (Phi) is 8.41. The van der Waals surface area contributed by atoms with Crippen molar-refractivity contribution in [1.29, 1.82) is 0 Å². The summed E-state index contributed by atoms with van der Waals surface area (Å²) in [6, 6.07) is 12.0. The molecule has 7 rings (SSSR count). The number of carbonyl (C=O) groups is 5. The van der Waals surface area contributed by atoms with Crippen molar-refractivity contribution < 1.29 is 33.8 Å². The zero-order valence-corrected chi connectivity index (χ0v) is 25.9. The number of rotatable bonds is 8. The van der Waals surface area contributed by atoms with E-state index in [1.165, 1.54) is 38.2 Å². The monoisotopic (exact) mass is 615 g/mol. The number of hydrogen-bond acceptors (Lipinski definition) is 6. The molecular weight excluding hydrogens is 574 g/mol. The van der Waals surface area contributed by atoms with Gasteiger partial charge in [-0.2, -0.15) is 0 Å². The lowest BCUT2D eigenvalue weighted by Crippen LogP contribution is -2.60. The van der Waals surface area contributed by atoms with Crippen LogP contribution in [0.4, 0.5) is 5.69 Å². The van der Waals surface area contributed by atoms with Crippen LogP contribution in [0, 0.1) is 23.2 Å². The Bertz CT molecular complexity index is 1470. The van der Waals surface area contributed by atoms with Gasteiger partial charge in [0.25, 0.3) is 0 Å². The second kappa shape index (κ2) is 12.3. The van der Waals surface area contributed by atoms with Gasteiger partial charge in [0.2, 0.25) is 17.7 Å². The number of carboxylic acids is 1. The first-order valence-electron chi connectivity index (χ1n) is 15.9. The van der Waals surface area contributed by atoms with E-state index in [2.05, 4.69) is 5.32 Å². The molecule has 3 amide bonds. The minimum atomic E-state index is -1.37. The van der Waals surface area contributed by atoms with Gasteiger partial charge in [-0.15, -0.1) is 0 Å². The maximum absolute atomic E-state index is 15.1. The highest BCUT2D eigenvalue weighted by Gasteiger charge is 2.54. The quantitative estimate of drug-likeness (QED) is 0.455. The summed E-state index contributed by atoms with van der Waals surface area (Å²) < 4.78 is 5.43. The third-order valence-corrected chi connectivity index (χ3v) is 10.5. The van der Waals surface area contributed by atoms with Crippen LogP contribution in [0.2, 0.25) is 0 Å². The number of nitrogens with one attached hydrogen (secondary N) is 1. The molecule has 10 heteroatoms. The first-order valence-corrected chi connectivity index (χ1v) is 15.9. The molecule has 4 aliphatic carbocycles. The predicted octanol–water partition coefficient (Wildman–Crippen LogP) is 4.21. The smallest absolute Gasteiger partial charge is 0.322 e. The molecule has 1 aliphatic heterocycles. The van der Waals surface area contributed by atoms with Gasteiger partial charge in [0.1, 0.15) is 24.4 Å². The van der Waals surface area contributed by atoms with Gasteiger partial charge in [0.05, 0.1) is 19.3 Å². The highest BCUT2D eigenvalue weighted by Crippen LogP contribution is 2.62. The van der Waals surface area contributed by atoms with E-state index < -0.39 is 48.6 Å². The maximum Gasteiger partial charge on any atom is 0.322 e. The first-order chi connectivity index (χ1) is 21.6. The first kappa shape index (κ1) is 30.8. The SMILES string of the molecule is COc1ccc2c(c1)C(=O)CC(C(=O)NCC(=O)O)N(C(C)=O)C(CC13CC4CC(CC(C4)C1)C3)C(=O)N2Cc1ccccc1. The molecule has 4 bridgehead atoms. The number of aliphatic carboxylic acids is 1. The van der Waals surface area contributed by atoms with Crippen molar-refractivity contribution in [3.05, 3.63) is 59.7 Å². The predicted molar refractivity (Wildman–Crippen MR) is 166 cm³/mol. The lowest BCUT2D eigenvalue weighted by atomic mass is 9.48. The van der Waals surface area contributed by atoms with Crippen LogP contribution in [0.3, 0.4) is 0 Å². The van der Waals surface area contributed by atoms with Crippen LogP contribution < -0.4 is 15.0 Å². The standard InChI is InChI=1S/C35H41N3O7/c1-21(39)38-29(33(43)36-19-32(41)42)14-31(40)27-13-26(45-2)8-9-28(27)37(20-22-6-4-3-5-7-22)34(44)30(38)18-35-15-23-10-24(16-35)12-25(11-23)17-35/h3-9,13,23-25,29-30H,10-12,14-20H2,1-2H3,(H,36,43)(H,41,42). The van der Waals surface area contributed by atoms with Gasteiger partial charge in [-0.3, -0.25) is 24.0 Å². The molecule has 4 saturated carbocycles. The van der Waals surface area contributed by atoms with Crippen molar-refractivity contribution in [2.75, 3.05) is 18.6 Å². The molecule has 10 nitrogen and oxygen atoms in total. The Morgan fingerprint density at radius 3 is 2.20 bits per heavy atom. The molecule has 2 N–H and O–H groups in total. The molecule has 2 atom stereocenters. The van der Waals surface area contributed by atoms with Crippen molar-refractivity contribution in [3.63, 3.8) is 0 Å². The highest BCUT2D eigenvalue weighted by molar-refractivity contribution is 6.10. The molecule has 45 heavy (non-hydrogen) atoms. The molecule has 0 spiro atoms. The van der Waals surface area contributed by atoms with E-state index in [0.29, 0.717) is 35.6 Å². The largest absolute Gasteiger partial charge is 0.497 e. The number of carboxylic acid groups (broad SMARTS) is 1. The Hall–Kier alpha value is -4.21. The van der Waals surface area contributed by atoms with Crippen LogP contribution in [0.15, 0.2) is 48.5 Å². The number of carbonyl (C=O) groups excluding carboxylic acids is 4. The normalized spacial score (nSPS) is 29.0. The topological polar surface area (TPSA) is 133 Å². The number of Topliss-reactive ketones (excluding diaryl/α,β-unsaturated/α-hetero) is 1. The molecular formula is C35H41N3O7. The highest BCUT2D eigenvalue weighted by atomic mass is 16.5. The molecule has 4 fully saturated rings. The number of benzene rings is 2. The number of hydrogen-bond donors (Lipinski definition) is 2. The van der Waals surface area contributed by atoms with E-state index in [0.717, 1.165) is 24.8 Å². The molecule has 0 aromatic heterocycles.